The Morgan fingerprint density at radius 2 is 2.08 bits per heavy atom. The van der Waals surface area contributed by atoms with Crippen LogP contribution in [0.15, 0.2) is 24.3 Å². The summed E-state index contributed by atoms with van der Waals surface area (Å²) in [4.78, 5) is 36.2. The average molecular weight is 349 g/mol. The van der Waals surface area contributed by atoms with Crippen molar-refractivity contribution in [2.24, 2.45) is 0 Å². The van der Waals surface area contributed by atoms with Crippen LogP contribution in [-0.2, 0) is 14.3 Å². The molecule has 0 spiro atoms. The second-order valence-corrected chi connectivity index (χ2v) is 6.11. The molecule has 1 aromatic rings. The van der Waals surface area contributed by atoms with E-state index in [9.17, 15) is 14.4 Å². The molecule has 2 atom stereocenters. The maximum atomic E-state index is 12.2. The van der Waals surface area contributed by atoms with Gasteiger partial charge in [-0.25, -0.2) is 4.79 Å². The lowest BCUT2D eigenvalue weighted by molar-refractivity contribution is -0.166. The van der Waals surface area contributed by atoms with Gasteiger partial charge in [0.25, 0.3) is 0 Å². The topological polar surface area (TPSA) is 93.1 Å². The normalized spacial score (nSPS) is 20.2. The Morgan fingerprint density at radius 1 is 1.32 bits per heavy atom. The Balaban J connectivity index is 1.77. The highest BCUT2D eigenvalue weighted by molar-refractivity contribution is 5.94. The zero-order valence-electron chi connectivity index (χ0n) is 14.4. The monoisotopic (exact) mass is 349 g/mol. The van der Waals surface area contributed by atoms with E-state index in [0.717, 1.165) is 0 Å². The molecule has 1 saturated heterocycles. The van der Waals surface area contributed by atoms with Crippen LogP contribution in [0.1, 0.15) is 37.0 Å². The second kappa shape index (κ2) is 8.62. The largest absolute Gasteiger partial charge is 0.494 e. The number of carboxylic acids is 1. The van der Waals surface area contributed by atoms with Crippen molar-refractivity contribution < 1.29 is 29.0 Å². The number of rotatable bonds is 7. The van der Waals surface area contributed by atoms with E-state index in [0.29, 0.717) is 30.9 Å². The van der Waals surface area contributed by atoms with Crippen molar-refractivity contribution in [3.63, 3.8) is 0 Å². The third-order valence-electron chi connectivity index (χ3n) is 3.93. The molecule has 2 rings (SSSR count). The Kier molecular flexibility index (Phi) is 6.52. The molecule has 7 nitrogen and oxygen atoms in total. The fourth-order valence-electron chi connectivity index (χ4n) is 2.67. The molecule has 0 aliphatic carbocycles. The third kappa shape index (κ3) is 5.56. The molecular formula is C18H23NO6. The van der Waals surface area contributed by atoms with Crippen molar-refractivity contribution in [3.8, 4) is 5.75 Å². The van der Waals surface area contributed by atoms with Crippen molar-refractivity contribution in [1.29, 1.82) is 0 Å². The number of carbonyl (C=O) groups excluding carboxylic acids is 2. The molecule has 1 fully saturated rings. The third-order valence-corrected chi connectivity index (χ3v) is 3.93. The van der Waals surface area contributed by atoms with Gasteiger partial charge >= 0.3 is 5.97 Å². The number of carbonyl (C=O) groups is 3. The predicted octanol–water partition coefficient (Wildman–Crippen LogP) is 1.75. The van der Waals surface area contributed by atoms with E-state index in [4.69, 9.17) is 14.6 Å². The van der Waals surface area contributed by atoms with Gasteiger partial charge in [0.1, 0.15) is 5.75 Å². The first kappa shape index (κ1) is 18.9. The van der Waals surface area contributed by atoms with Crippen molar-refractivity contribution in [3.05, 3.63) is 29.8 Å². The molecule has 1 aliphatic heterocycles. The standard InChI is InChI=1S/C18H23NO6/c1-12-10-19(11-16(25-12)18(22)23)17(21)7-4-8-24-15-6-3-5-14(9-15)13(2)20/h3,5-6,9,12,16H,4,7-8,10-11H2,1-2H3,(H,22,23)/t12-,16?/m1/s1. The van der Waals surface area contributed by atoms with Gasteiger partial charge in [-0.15, -0.1) is 0 Å². The quantitative estimate of drug-likeness (QED) is 0.595. The lowest BCUT2D eigenvalue weighted by Gasteiger charge is -2.35. The fraction of sp³-hybridized carbons (Fsp3) is 0.500. The van der Waals surface area contributed by atoms with E-state index in [1.165, 1.54) is 11.8 Å². The molecule has 1 aliphatic rings. The Hall–Kier alpha value is -2.41. The van der Waals surface area contributed by atoms with Gasteiger partial charge in [0.2, 0.25) is 5.91 Å². The first-order chi connectivity index (χ1) is 11.9. The van der Waals surface area contributed by atoms with Crippen LogP contribution in [0.4, 0.5) is 0 Å². The van der Waals surface area contributed by atoms with Gasteiger partial charge in [0.05, 0.1) is 19.3 Å². The zero-order chi connectivity index (χ0) is 18.4. The second-order valence-electron chi connectivity index (χ2n) is 6.11. The summed E-state index contributed by atoms with van der Waals surface area (Å²) in [7, 11) is 0. The van der Waals surface area contributed by atoms with Crippen molar-refractivity contribution in [2.45, 2.75) is 38.9 Å². The van der Waals surface area contributed by atoms with Gasteiger partial charge in [0.15, 0.2) is 11.9 Å². The molecule has 136 valence electrons. The van der Waals surface area contributed by atoms with Gasteiger partial charge in [0, 0.05) is 18.5 Å². The van der Waals surface area contributed by atoms with E-state index in [1.807, 2.05) is 0 Å². The summed E-state index contributed by atoms with van der Waals surface area (Å²) in [5, 5.41) is 9.05. The van der Waals surface area contributed by atoms with E-state index in [2.05, 4.69) is 0 Å². The minimum absolute atomic E-state index is 0.0324. The van der Waals surface area contributed by atoms with E-state index in [1.54, 1.807) is 31.2 Å². The van der Waals surface area contributed by atoms with Crippen LogP contribution in [0.2, 0.25) is 0 Å². The van der Waals surface area contributed by atoms with Crippen LogP contribution < -0.4 is 4.74 Å². The summed E-state index contributed by atoms with van der Waals surface area (Å²) >= 11 is 0. The van der Waals surface area contributed by atoms with Crippen LogP contribution in [-0.4, -0.2) is 59.6 Å². The number of hydrogen-bond donors (Lipinski definition) is 1. The van der Waals surface area contributed by atoms with E-state index < -0.39 is 12.1 Å². The molecule has 25 heavy (non-hydrogen) atoms. The summed E-state index contributed by atoms with van der Waals surface area (Å²) in [5.41, 5.74) is 0.579. The molecule has 0 saturated carbocycles. The van der Waals surface area contributed by atoms with Crippen molar-refractivity contribution in [1.82, 2.24) is 4.90 Å². The number of ether oxygens (including phenoxy) is 2. The maximum Gasteiger partial charge on any atom is 0.334 e. The highest BCUT2D eigenvalue weighted by Gasteiger charge is 2.32. The Morgan fingerprint density at radius 3 is 2.76 bits per heavy atom. The molecule has 1 N–H and O–H groups in total. The summed E-state index contributed by atoms with van der Waals surface area (Å²) in [5.74, 6) is -0.610. The molecule has 0 radical (unpaired) electrons. The average Bonchev–Trinajstić information content (AvgIpc) is 2.58. The van der Waals surface area contributed by atoms with Crippen LogP contribution >= 0.6 is 0 Å². The molecule has 1 heterocycles. The number of morpholine rings is 1. The predicted molar refractivity (Wildman–Crippen MR) is 89.7 cm³/mol. The first-order valence-corrected chi connectivity index (χ1v) is 8.26. The molecule has 0 aromatic heterocycles. The number of aliphatic carboxylic acids is 1. The van der Waals surface area contributed by atoms with Gasteiger partial charge in [-0.05, 0) is 32.4 Å². The van der Waals surface area contributed by atoms with E-state index in [-0.39, 0.29) is 30.8 Å². The molecular weight excluding hydrogens is 326 g/mol. The number of nitrogens with zero attached hydrogens (tertiary/aromatic N) is 1. The summed E-state index contributed by atoms with van der Waals surface area (Å²) in [6.07, 6.45) is -0.499. The van der Waals surface area contributed by atoms with Crippen LogP contribution in [0.5, 0.6) is 5.75 Å². The minimum Gasteiger partial charge on any atom is -0.494 e. The van der Waals surface area contributed by atoms with Gasteiger partial charge in [-0.2, -0.15) is 0 Å². The Labute approximate surface area is 146 Å². The van der Waals surface area contributed by atoms with Crippen molar-refractivity contribution in [2.75, 3.05) is 19.7 Å². The molecule has 0 bridgehead atoms. The molecule has 1 unspecified atom stereocenters. The fourth-order valence-corrected chi connectivity index (χ4v) is 2.67. The van der Waals surface area contributed by atoms with Crippen molar-refractivity contribution >= 4 is 17.7 Å². The van der Waals surface area contributed by atoms with Crippen LogP contribution in [0.25, 0.3) is 0 Å². The molecule has 1 amide bonds. The van der Waals surface area contributed by atoms with Crippen LogP contribution in [0.3, 0.4) is 0 Å². The van der Waals surface area contributed by atoms with E-state index >= 15 is 0 Å². The smallest absolute Gasteiger partial charge is 0.334 e. The molecule has 7 heteroatoms. The van der Waals surface area contributed by atoms with Gasteiger partial charge in [-0.3, -0.25) is 9.59 Å². The number of hydrogen-bond acceptors (Lipinski definition) is 5. The number of amides is 1. The lowest BCUT2D eigenvalue weighted by atomic mass is 10.1. The van der Waals surface area contributed by atoms with Crippen LogP contribution in [0, 0.1) is 0 Å². The number of Topliss-reactive ketones (excluding diaryl/α,β-unsaturated/α-hetero) is 1. The minimum atomic E-state index is -1.06. The lowest BCUT2D eigenvalue weighted by Crippen LogP contribution is -2.51. The highest BCUT2D eigenvalue weighted by Crippen LogP contribution is 2.15. The first-order valence-electron chi connectivity index (χ1n) is 8.26. The summed E-state index contributed by atoms with van der Waals surface area (Å²) in [6.45, 7) is 4.05. The Bertz CT molecular complexity index is 644. The number of benzene rings is 1. The zero-order valence-corrected chi connectivity index (χ0v) is 14.4. The molecule has 1 aromatic carbocycles. The summed E-state index contributed by atoms with van der Waals surface area (Å²) < 4.78 is 10.9. The maximum absolute atomic E-state index is 12.2. The number of ketones is 1. The highest BCUT2D eigenvalue weighted by atomic mass is 16.5. The summed E-state index contributed by atoms with van der Waals surface area (Å²) in [6, 6.07) is 6.90. The van der Waals surface area contributed by atoms with Gasteiger partial charge in [-0.1, -0.05) is 12.1 Å². The SMILES string of the molecule is CC(=O)c1cccc(OCCCC(=O)N2CC(C(=O)O)O[C@H](C)C2)c1. The van der Waals surface area contributed by atoms with Gasteiger partial charge < -0.3 is 19.5 Å². The number of carboxylic acid groups (broad SMARTS) is 1.